The van der Waals surface area contributed by atoms with Gasteiger partial charge in [0.2, 0.25) is 0 Å². The van der Waals surface area contributed by atoms with Gasteiger partial charge in [-0.3, -0.25) is 0 Å². The summed E-state index contributed by atoms with van der Waals surface area (Å²) >= 11 is 1.89. The van der Waals surface area contributed by atoms with E-state index in [1.807, 2.05) is 25.2 Å². The number of nitrogens with zero attached hydrogens (tertiary/aromatic N) is 1. The number of ether oxygens (including phenoxy) is 1. The van der Waals surface area contributed by atoms with Crippen LogP contribution in [0.4, 0.5) is 0 Å². The van der Waals surface area contributed by atoms with Crippen LogP contribution >= 0.6 is 11.3 Å². The predicted octanol–water partition coefficient (Wildman–Crippen LogP) is 3.48. The van der Waals surface area contributed by atoms with Gasteiger partial charge in [-0.25, -0.2) is 0 Å². The molecule has 3 rings (SSSR count). The van der Waals surface area contributed by atoms with Crippen LogP contribution in [0.1, 0.15) is 43.2 Å². The Morgan fingerprint density at radius 3 is 2.88 bits per heavy atom. The van der Waals surface area contributed by atoms with E-state index in [0.717, 1.165) is 19.6 Å². The molecule has 0 radical (unpaired) electrons. The first kappa shape index (κ1) is 13.1. The lowest BCUT2D eigenvalue weighted by molar-refractivity contribution is 0.0217. The monoisotopic (exact) mass is 253 g/mol. The highest BCUT2D eigenvalue weighted by Gasteiger charge is 2.25. The van der Waals surface area contributed by atoms with Crippen LogP contribution in [0.5, 0.6) is 0 Å². The summed E-state index contributed by atoms with van der Waals surface area (Å²) in [5.74, 6) is 0. The van der Waals surface area contributed by atoms with E-state index in [0.29, 0.717) is 6.10 Å². The zero-order valence-corrected chi connectivity index (χ0v) is 11.8. The van der Waals surface area contributed by atoms with Crippen LogP contribution in [-0.2, 0) is 11.2 Å². The van der Waals surface area contributed by atoms with Crippen molar-refractivity contribution >= 4 is 11.3 Å². The van der Waals surface area contributed by atoms with E-state index in [2.05, 4.69) is 16.3 Å². The Morgan fingerprint density at radius 2 is 2.12 bits per heavy atom. The third-order valence-electron chi connectivity index (χ3n) is 3.40. The molecule has 2 aliphatic heterocycles. The molecule has 1 unspecified atom stereocenters. The summed E-state index contributed by atoms with van der Waals surface area (Å²) in [5.41, 5.74) is 1.46. The molecule has 0 aromatic carbocycles. The van der Waals surface area contributed by atoms with Gasteiger partial charge in [0, 0.05) is 17.8 Å². The molecular formula is C14H23NOS. The average Bonchev–Trinajstić information content (AvgIpc) is 3.02. The maximum atomic E-state index is 5.89. The highest BCUT2D eigenvalue weighted by atomic mass is 32.1. The lowest BCUT2D eigenvalue weighted by Crippen LogP contribution is -2.29. The van der Waals surface area contributed by atoms with Crippen molar-refractivity contribution in [1.82, 2.24) is 4.90 Å². The van der Waals surface area contributed by atoms with Crippen molar-refractivity contribution < 1.29 is 4.74 Å². The standard InChI is InChI=1S/C12H17NOS.C2H6/c1-2-6-13(5-1)9-11-10-4-8-15-12(10)3-7-14-11;1-2/h4,8,11H,1-3,5-7,9H2;1-2H3. The zero-order chi connectivity index (χ0) is 12.1. The molecule has 1 saturated heterocycles. The fraction of sp³-hybridized carbons (Fsp3) is 0.714. The Morgan fingerprint density at radius 1 is 1.35 bits per heavy atom. The first-order chi connectivity index (χ1) is 8.43. The van der Waals surface area contributed by atoms with Crippen molar-refractivity contribution in [1.29, 1.82) is 0 Å². The van der Waals surface area contributed by atoms with Gasteiger partial charge in [-0.2, -0.15) is 0 Å². The van der Waals surface area contributed by atoms with Gasteiger partial charge in [0.25, 0.3) is 0 Å². The molecule has 17 heavy (non-hydrogen) atoms. The lowest BCUT2D eigenvalue weighted by atomic mass is 10.1. The van der Waals surface area contributed by atoms with E-state index in [-0.39, 0.29) is 0 Å². The number of hydrogen-bond donors (Lipinski definition) is 0. The summed E-state index contributed by atoms with van der Waals surface area (Å²) in [7, 11) is 0. The topological polar surface area (TPSA) is 12.5 Å². The van der Waals surface area contributed by atoms with Gasteiger partial charge in [0.05, 0.1) is 12.7 Å². The van der Waals surface area contributed by atoms with Gasteiger partial charge in [-0.15, -0.1) is 11.3 Å². The van der Waals surface area contributed by atoms with Gasteiger partial charge in [0.15, 0.2) is 0 Å². The predicted molar refractivity (Wildman–Crippen MR) is 73.7 cm³/mol. The van der Waals surface area contributed by atoms with Gasteiger partial charge >= 0.3 is 0 Å². The minimum absolute atomic E-state index is 0.345. The molecule has 1 aromatic heterocycles. The molecule has 96 valence electrons. The molecule has 3 heterocycles. The number of rotatable bonds is 2. The largest absolute Gasteiger partial charge is 0.372 e. The van der Waals surface area contributed by atoms with Crippen molar-refractivity contribution in [2.24, 2.45) is 0 Å². The van der Waals surface area contributed by atoms with Crippen LogP contribution in [0.15, 0.2) is 11.4 Å². The summed E-state index contributed by atoms with van der Waals surface area (Å²) in [6.07, 6.45) is 4.19. The van der Waals surface area contributed by atoms with Crippen LogP contribution < -0.4 is 0 Å². The Kier molecular flexibility index (Phi) is 5.01. The maximum Gasteiger partial charge on any atom is 0.0962 e. The number of thiophene rings is 1. The van der Waals surface area contributed by atoms with Crippen LogP contribution in [0, 0.1) is 0 Å². The lowest BCUT2D eigenvalue weighted by Gasteiger charge is -2.27. The van der Waals surface area contributed by atoms with Gasteiger partial charge in [-0.05, 0) is 42.9 Å². The molecule has 0 N–H and O–H groups in total. The minimum Gasteiger partial charge on any atom is -0.372 e. The second kappa shape index (κ2) is 6.53. The molecule has 1 fully saturated rings. The van der Waals surface area contributed by atoms with E-state index in [9.17, 15) is 0 Å². The van der Waals surface area contributed by atoms with Crippen LogP contribution in [0.2, 0.25) is 0 Å². The highest BCUT2D eigenvalue weighted by Crippen LogP contribution is 2.32. The highest BCUT2D eigenvalue weighted by molar-refractivity contribution is 7.10. The summed E-state index contributed by atoms with van der Waals surface area (Å²) in [6, 6.07) is 2.25. The summed E-state index contributed by atoms with van der Waals surface area (Å²) < 4.78 is 5.89. The van der Waals surface area contributed by atoms with E-state index >= 15 is 0 Å². The third kappa shape index (κ3) is 3.09. The molecular weight excluding hydrogens is 230 g/mol. The first-order valence-electron chi connectivity index (χ1n) is 6.84. The first-order valence-corrected chi connectivity index (χ1v) is 7.72. The van der Waals surface area contributed by atoms with Crippen LogP contribution in [0.3, 0.4) is 0 Å². The van der Waals surface area contributed by atoms with Crippen molar-refractivity contribution in [3.63, 3.8) is 0 Å². The smallest absolute Gasteiger partial charge is 0.0962 e. The Bertz CT molecular complexity index is 331. The summed E-state index contributed by atoms with van der Waals surface area (Å²) in [6.45, 7) is 8.54. The molecule has 2 aliphatic rings. The van der Waals surface area contributed by atoms with E-state index in [1.54, 1.807) is 4.88 Å². The molecule has 1 atom stereocenters. The molecule has 0 saturated carbocycles. The van der Waals surface area contributed by atoms with Gasteiger partial charge < -0.3 is 9.64 Å². The SMILES string of the molecule is CC.c1cc2c(s1)CCOC2CN1CCCC1. The quantitative estimate of drug-likeness (QED) is 0.800. The van der Waals surface area contributed by atoms with Gasteiger partial charge in [0.1, 0.15) is 0 Å². The minimum atomic E-state index is 0.345. The average molecular weight is 253 g/mol. The number of hydrogen-bond acceptors (Lipinski definition) is 3. The van der Waals surface area contributed by atoms with Crippen molar-refractivity contribution in [2.45, 2.75) is 39.2 Å². The summed E-state index contributed by atoms with van der Waals surface area (Å²) in [4.78, 5) is 4.09. The molecule has 1 aromatic rings. The second-order valence-electron chi connectivity index (χ2n) is 4.42. The molecule has 2 nitrogen and oxygen atoms in total. The molecule has 3 heteroatoms. The van der Waals surface area contributed by atoms with E-state index in [4.69, 9.17) is 4.74 Å². The maximum absolute atomic E-state index is 5.89. The molecule has 0 spiro atoms. The molecule has 0 bridgehead atoms. The Balaban J connectivity index is 0.000000514. The fourth-order valence-corrected chi connectivity index (χ4v) is 3.49. The zero-order valence-electron chi connectivity index (χ0n) is 10.9. The van der Waals surface area contributed by atoms with Crippen molar-refractivity contribution in [2.75, 3.05) is 26.2 Å². The number of fused-ring (bicyclic) bond motifs is 1. The fourth-order valence-electron chi connectivity index (χ4n) is 2.58. The second-order valence-corrected chi connectivity index (χ2v) is 5.42. The summed E-state index contributed by atoms with van der Waals surface area (Å²) in [5, 5.41) is 2.20. The van der Waals surface area contributed by atoms with Crippen LogP contribution in [0.25, 0.3) is 0 Å². The van der Waals surface area contributed by atoms with Crippen molar-refractivity contribution in [3.05, 3.63) is 21.9 Å². The van der Waals surface area contributed by atoms with Crippen LogP contribution in [-0.4, -0.2) is 31.1 Å². The van der Waals surface area contributed by atoms with Gasteiger partial charge in [-0.1, -0.05) is 13.8 Å². The molecule has 0 aliphatic carbocycles. The Labute approximate surface area is 109 Å². The normalized spacial score (nSPS) is 24.0. The molecule has 0 amide bonds. The third-order valence-corrected chi connectivity index (χ3v) is 4.39. The van der Waals surface area contributed by atoms with Crippen molar-refractivity contribution in [3.8, 4) is 0 Å². The van der Waals surface area contributed by atoms with E-state index < -0.39 is 0 Å². The Hall–Kier alpha value is -0.380. The number of likely N-dealkylation sites (tertiary alicyclic amines) is 1. The van der Waals surface area contributed by atoms with E-state index in [1.165, 1.54) is 31.5 Å².